The zero-order chi connectivity index (χ0) is 12.9. The van der Waals surface area contributed by atoms with Gasteiger partial charge >= 0.3 is 5.97 Å². The Morgan fingerprint density at radius 2 is 2.24 bits per heavy atom. The summed E-state index contributed by atoms with van der Waals surface area (Å²) in [5.74, 6) is -0.668. The van der Waals surface area contributed by atoms with Crippen LogP contribution < -0.4 is 5.32 Å². The van der Waals surface area contributed by atoms with Gasteiger partial charge in [0.05, 0.1) is 19.3 Å². The summed E-state index contributed by atoms with van der Waals surface area (Å²) in [6, 6.07) is 0.0163. The maximum Gasteiger partial charge on any atom is 0.306 e. The maximum atomic E-state index is 12.1. The number of esters is 1. The van der Waals surface area contributed by atoms with Gasteiger partial charge < -0.3 is 10.1 Å². The molecule has 6 nitrogen and oxygen atoms in total. The molecule has 1 atom stereocenters. The molecule has 0 bridgehead atoms. The van der Waals surface area contributed by atoms with Gasteiger partial charge in [-0.15, -0.1) is 0 Å². The molecule has 100 valence electrons. The Kier molecular flexibility index (Phi) is 5.35. The summed E-state index contributed by atoms with van der Waals surface area (Å²) in [5, 5.41) is 3.14. The molecule has 1 heterocycles. The molecule has 0 amide bonds. The third kappa shape index (κ3) is 3.93. The second-order valence-electron chi connectivity index (χ2n) is 3.99. The van der Waals surface area contributed by atoms with Gasteiger partial charge in [-0.1, -0.05) is 6.92 Å². The highest BCUT2D eigenvalue weighted by molar-refractivity contribution is 7.89. The number of carbonyl (C=O) groups is 1. The summed E-state index contributed by atoms with van der Waals surface area (Å²) in [6.45, 7) is 3.78. The Morgan fingerprint density at radius 1 is 1.53 bits per heavy atom. The fraction of sp³-hybridized carbons (Fsp3) is 0.900. The van der Waals surface area contributed by atoms with Gasteiger partial charge in [-0.25, -0.2) is 8.42 Å². The molecule has 1 aliphatic heterocycles. The van der Waals surface area contributed by atoms with Crippen LogP contribution in [0.2, 0.25) is 0 Å². The standard InChI is InChI=1S/C10H20N2O4S/c1-3-12(9-4-6-11-8-9)17(14,15)7-5-10(13)16-2/h9,11H,3-8H2,1-2H3. The van der Waals surface area contributed by atoms with E-state index in [2.05, 4.69) is 10.1 Å². The highest BCUT2D eigenvalue weighted by Gasteiger charge is 2.30. The van der Waals surface area contributed by atoms with Crippen molar-refractivity contribution >= 4 is 16.0 Å². The minimum absolute atomic E-state index is 0.0163. The summed E-state index contributed by atoms with van der Waals surface area (Å²) >= 11 is 0. The monoisotopic (exact) mass is 264 g/mol. The molecule has 1 unspecified atom stereocenters. The Labute approximate surface area is 102 Å². The molecule has 0 aliphatic carbocycles. The first kappa shape index (κ1) is 14.4. The Hall–Kier alpha value is -0.660. The maximum absolute atomic E-state index is 12.1. The summed E-state index contributed by atoms with van der Waals surface area (Å²) in [5.41, 5.74) is 0. The lowest BCUT2D eigenvalue weighted by Gasteiger charge is -2.26. The molecule has 0 saturated carbocycles. The fourth-order valence-electron chi connectivity index (χ4n) is 2.00. The molecule has 0 spiro atoms. The van der Waals surface area contributed by atoms with E-state index in [1.807, 2.05) is 6.92 Å². The average molecular weight is 264 g/mol. The van der Waals surface area contributed by atoms with Crippen LogP contribution in [-0.4, -0.2) is 57.2 Å². The first-order chi connectivity index (χ1) is 8.01. The molecule has 0 radical (unpaired) electrons. The number of nitrogens with one attached hydrogen (secondary N) is 1. The predicted molar refractivity (Wildman–Crippen MR) is 64.1 cm³/mol. The largest absolute Gasteiger partial charge is 0.469 e. The second kappa shape index (κ2) is 6.32. The van der Waals surface area contributed by atoms with Gasteiger partial charge in [-0.3, -0.25) is 4.79 Å². The molecule has 0 aromatic carbocycles. The Morgan fingerprint density at radius 3 is 2.71 bits per heavy atom. The number of ether oxygens (including phenoxy) is 1. The van der Waals surface area contributed by atoms with Gasteiger partial charge in [0.25, 0.3) is 0 Å². The van der Waals surface area contributed by atoms with Gasteiger partial charge in [0.1, 0.15) is 0 Å². The van der Waals surface area contributed by atoms with Crippen LogP contribution in [0.4, 0.5) is 0 Å². The van der Waals surface area contributed by atoms with Crippen molar-refractivity contribution in [2.24, 2.45) is 0 Å². The van der Waals surface area contributed by atoms with Gasteiger partial charge in [-0.2, -0.15) is 4.31 Å². The van der Waals surface area contributed by atoms with Crippen LogP contribution in [0.5, 0.6) is 0 Å². The lowest BCUT2D eigenvalue weighted by molar-refractivity contribution is -0.140. The molecule has 1 rings (SSSR count). The van der Waals surface area contributed by atoms with Crippen LogP contribution in [0.25, 0.3) is 0 Å². The quantitative estimate of drug-likeness (QED) is 0.658. The van der Waals surface area contributed by atoms with Crippen LogP contribution in [0.15, 0.2) is 0 Å². The van der Waals surface area contributed by atoms with Crippen LogP contribution in [0.1, 0.15) is 19.8 Å². The van der Waals surface area contributed by atoms with E-state index in [0.717, 1.165) is 13.0 Å². The third-order valence-corrected chi connectivity index (χ3v) is 4.89. The highest BCUT2D eigenvalue weighted by Crippen LogP contribution is 2.14. The second-order valence-corrected chi connectivity index (χ2v) is 6.03. The number of hydrogen-bond donors (Lipinski definition) is 1. The number of methoxy groups -OCH3 is 1. The topological polar surface area (TPSA) is 75.7 Å². The zero-order valence-electron chi connectivity index (χ0n) is 10.3. The average Bonchev–Trinajstić information content (AvgIpc) is 2.80. The van der Waals surface area contributed by atoms with Crippen molar-refractivity contribution in [3.05, 3.63) is 0 Å². The van der Waals surface area contributed by atoms with Gasteiger partial charge in [0.15, 0.2) is 0 Å². The molecule has 7 heteroatoms. The van der Waals surface area contributed by atoms with Crippen LogP contribution >= 0.6 is 0 Å². The first-order valence-corrected chi connectivity index (χ1v) is 7.39. The molecule has 17 heavy (non-hydrogen) atoms. The van der Waals surface area contributed by atoms with E-state index >= 15 is 0 Å². The highest BCUT2D eigenvalue weighted by atomic mass is 32.2. The normalized spacial score (nSPS) is 20.8. The Balaban J connectivity index is 2.62. The van der Waals surface area contributed by atoms with Crippen molar-refractivity contribution in [3.8, 4) is 0 Å². The summed E-state index contributed by atoms with van der Waals surface area (Å²) in [4.78, 5) is 11.0. The van der Waals surface area contributed by atoms with Crippen LogP contribution in [-0.2, 0) is 19.6 Å². The molecule has 1 N–H and O–H groups in total. The SMILES string of the molecule is CCN(C1CCNC1)S(=O)(=O)CCC(=O)OC. The molecule has 1 saturated heterocycles. The molecule has 1 fully saturated rings. The van der Waals surface area contributed by atoms with Crippen molar-refractivity contribution < 1.29 is 17.9 Å². The van der Waals surface area contributed by atoms with Gasteiger partial charge in [-0.05, 0) is 13.0 Å². The Bertz CT molecular complexity index is 349. The van der Waals surface area contributed by atoms with E-state index in [1.165, 1.54) is 11.4 Å². The van der Waals surface area contributed by atoms with Crippen molar-refractivity contribution in [3.63, 3.8) is 0 Å². The number of rotatable bonds is 6. The van der Waals surface area contributed by atoms with Crippen molar-refractivity contribution in [1.29, 1.82) is 0 Å². The smallest absolute Gasteiger partial charge is 0.306 e. The van der Waals surface area contributed by atoms with E-state index in [0.29, 0.717) is 13.1 Å². The van der Waals surface area contributed by atoms with E-state index in [9.17, 15) is 13.2 Å². The van der Waals surface area contributed by atoms with Gasteiger partial charge in [0.2, 0.25) is 10.0 Å². The van der Waals surface area contributed by atoms with E-state index in [1.54, 1.807) is 0 Å². The lowest BCUT2D eigenvalue weighted by Crippen LogP contribution is -2.42. The summed E-state index contributed by atoms with van der Waals surface area (Å²) < 4.78 is 30.1. The van der Waals surface area contributed by atoms with Crippen LogP contribution in [0, 0.1) is 0 Å². The number of hydrogen-bond acceptors (Lipinski definition) is 5. The number of carbonyl (C=O) groups excluding carboxylic acids is 1. The molecule has 0 aromatic heterocycles. The molecule has 0 aromatic rings. The molecular formula is C10H20N2O4S. The van der Waals surface area contributed by atoms with Crippen LogP contribution in [0.3, 0.4) is 0 Å². The summed E-state index contributed by atoms with van der Waals surface area (Å²) in [7, 11) is -2.11. The van der Waals surface area contributed by atoms with Crippen molar-refractivity contribution in [1.82, 2.24) is 9.62 Å². The van der Waals surface area contributed by atoms with E-state index < -0.39 is 16.0 Å². The number of nitrogens with zero attached hydrogens (tertiary/aromatic N) is 1. The van der Waals surface area contributed by atoms with Crippen molar-refractivity contribution in [2.75, 3.05) is 32.5 Å². The minimum atomic E-state index is -3.37. The molecular weight excluding hydrogens is 244 g/mol. The van der Waals surface area contributed by atoms with Crippen molar-refractivity contribution in [2.45, 2.75) is 25.8 Å². The van der Waals surface area contributed by atoms with E-state index in [-0.39, 0.29) is 18.2 Å². The zero-order valence-corrected chi connectivity index (χ0v) is 11.1. The summed E-state index contributed by atoms with van der Waals surface area (Å²) in [6.07, 6.45) is 0.737. The van der Waals surface area contributed by atoms with E-state index in [4.69, 9.17) is 0 Å². The molecule has 1 aliphatic rings. The lowest BCUT2D eigenvalue weighted by atomic mass is 10.3. The predicted octanol–water partition coefficient (Wildman–Crippen LogP) is -0.437. The third-order valence-electron chi connectivity index (χ3n) is 2.90. The number of likely N-dealkylation sites (N-methyl/N-ethyl adjacent to an activating group) is 1. The minimum Gasteiger partial charge on any atom is -0.469 e. The first-order valence-electron chi connectivity index (χ1n) is 5.78. The van der Waals surface area contributed by atoms with Gasteiger partial charge in [0, 0.05) is 19.1 Å². The fourth-order valence-corrected chi connectivity index (χ4v) is 3.69. The number of sulfonamides is 1.